The summed E-state index contributed by atoms with van der Waals surface area (Å²) in [5.41, 5.74) is 8.54. The van der Waals surface area contributed by atoms with Crippen molar-refractivity contribution in [2.24, 2.45) is 11.7 Å². The predicted octanol–water partition coefficient (Wildman–Crippen LogP) is 2.46. The third-order valence-corrected chi connectivity index (χ3v) is 4.46. The van der Waals surface area contributed by atoms with Gasteiger partial charge in [0, 0.05) is 24.8 Å². The van der Waals surface area contributed by atoms with Gasteiger partial charge in [-0.25, -0.2) is 4.98 Å². The molecule has 23 heavy (non-hydrogen) atoms. The van der Waals surface area contributed by atoms with Crippen LogP contribution >= 0.6 is 12.4 Å². The van der Waals surface area contributed by atoms with E-state index in [9.17, 15) is 4.79 Å². The van der Waals surface area contributed by atoms with Crippen LogP contribution in [0.2, 0.25) is 0 Å². The largest absolute Gasteiger partial charge is 0.338 e. The molecule has 2 unspecified atom stereocenters. The lowest BCUT2D eigenvalue weighted by molar-refractivity contribution is 0.0662. The number of rotatable bonds is 2. The molecule has 1 aliphatic heterocycles. The van der Waals surface area contributed by atoms with E-state index in [0.717, 1.165) is 30.5 Å². The molecule has 1 amide bonds. The van der Waals surface area contributed by atoms with Gasteiger partial charge in [0.15, 0.2) is 0 Å². The lowest BCUT2D eigenvalue weighted by Crippen LogP contribution is -2.45. The zero-order valence-electron chi connectivity index (χ0n) is 13.7. The lowest BCUT2D eigenvalue weighted by Gasteiger charge is -2.34. The molecule has 2 atom stereocenters. The number of carbonyl (C=O) groups is 1. The van der Waals surface area contributed by atoms with E-state index >= 15 is 0 Å². The summed E-state index contributed by atoms with van der Waals surface area (Å²) in [7, 11) is 0. The highest BCUT2D eigenvalue weighted by Gasteiger charge is 2.28. The van der Waals surface area contributed by atoms with Gasteiger partial charge in [0.2, 0.25) is 0 Å². The van der Waals surface area contributed by atoms with Crippen LogP contribution in [0.15, 0.2) is 10.6 Å². The Morgan fingerprint density at radius 2 is 2.22 bits per heavy atom. The second-order valence-electron chi connectivity index (χ2n) is 6.27. The van der Waals surface area contributed by atoms with Crippen molar-refractivity contribution in [1.82, 2.24) is 15.0 Å². The smallest absolute Gasteiger partial charge is 0.258 e. The fraction of sp³-hybridized carbons (Fsp3) is 0.562. The SMILES string of the molecule is Cc1cc(C(=O)N2CCCC(C(C)N)C2)c2c(C)noc2n1.Cl. The number of hydrogen-bond donors (Lipinski definition) is 1. The Morgan fingerprint density at radius 3 is 2.91 bits per heavy atom. The summed E-state index contributed by atoms with van der Waals surface area (Å²) < 4.78 is 5.22. The third-order valence-electron chi connectivity index (χ3n) is 4.46. The summed E-state index contributed by atoms with van der Waals surface area (Å²) in [6, 6.07) is 1.93. The first-order valence-electron chi connectivity index (χ1n) is 7.76. The monoisotopic (exact) mass is 338 g/mol. The molecule has 0 bridgehead atoms. The Balaban J connectivity index is 0.00000192. The number of nitrogens with two attached hydrogens (primary N) is 1. The number of aryl methyl sites for hydroxylation is 2. The summed E-state index contributed by atoms with van der Waals surface area (Å²) in [4.78, 5) is 19.2. The molecule has 0 spiro atoms. The van der Waals surface area contributed by atoms with Crippen LogP contribution in [-0.4, -0.2) is 40.1 Å². The maximum Gasteiger partial charge on any atom is 0.258 e. The van der Waals surface area contributed by atoms with Gasteiger partial charge in [-0.05, 0) is 45.6 Å². The predicted molar refractivity (Wildman–Crippen MR) is 90.8 cm³/mol. The summed E-state index contributed by atoms with van der Waals surface area (Å²) in [6.45, 7) is 7.19. The highest BCUT2D eigenvalue weighted by Crippen LogP contribution is 2.26. The van der Waals surface area contributed by atoms with Crippen LogP contribution < -0.4 is 5.73 Å². The van der Waals surface area contributed by atoms with E-state index in [0.29, 0.717) is 29.4 Å². The van der Waals surface area contributed by atoms with Crippen molar-refractivity contribution in [1.29, 1.82) is 0 Å². The first-order valence-corrected chi connectivity index (χ1v) is 7.76. The molecule has 2 aromatic heterocycles. The summed E-state index contributed by atoms with van der Waals surface area (Å²) >= 11 is 0. The Labute approximate surface area is 141 Å². The molecule has 1 aliphatic rings. The van der Waals surface area contributed by atoms with E-state index in [1.54, 1.807) is 0 Å². The van der Waals surface area contributed by atoms with E-state index in [4.69, 9.17) is 10.3 Å². The van der Waals surface area contributed by atoms with E-state index in [-0.39, 0.29) is 24.4 Å². The highest BCUT2D eigenvalue weighted by molar-refractivity contribution is 6.06. The number of aromatic nitrogens is 2. The fourth-order valence-electron chi connectivity index (χ4n) is 3.18. The van der Waals surface area contributed by atoms with E-state index in [1.165, 1.54) is 0 Å². The number of nitrogens with zero attached hydrogens (tertiary/aromatic N) is 3. The maximum absolute atomic E-state index is 13.0. The fourth-order valence-corrected chi connectivity index (χ4v) is 3.18. The van der Waals surface area contributed by atoms with Gasteiger partial charge in [0.05, 0.1) is 16.6 Å². The molecule has 0 aliphatic carbocycles. The molecule has 3 rings (SSSR count). The first-order chi connectivity index (χ1) is 10.5. The Morgan fingerprint density at radius 1 is 1.48 bits per heavy atom. The molecular weight excluding hydrogens is 316 g/mol. The maximum atomic E-state index is 13.0. The van der Waals surface area contributed by atoms with Crippen LogP contribution in [0, 0.1) is 19.8 Å². The van der Waals surface area contributed by atoms with Gasteiger partial charge in [-0.15, -0.1) is 12.4 Å². The zero-order valence-corrected chi connectivity index (χ0v) is 14.5. The van der Waals surface area contributed by atoms with Crippen LogP contribution in [0.1, 0.15) is 41.5 Å². The number of amides is 1. The standard InChI is InChI=1S/C16H22N4O2.ClH/c1-9-7-13(14-11(3)19-22-15(14)18-9)16(21)20-6-4-5-12(8-20)10(2)17;/h7,10,12H,4-6,8,17H2,1-3H3;1H. The molecule has 126 valence electrons. The average Bonchev–Trinajstić information content (AvgIpc) is 2.87. The second kappa shape index (κ2) is 6.84. The topological polar surface area (TPSA) is 85.2 Å². The third kappa shape index (κ3) is 3.33. The van der Waals surface area contributed by atoms with Crippen molar-refractivity contribution in [3.63, 3.8) is 0 Å². The number of pyridine rings is 1. The van der Waals surface area contributed by atoms with Crippen LogP contribution in [0.3, 0.4) is 0 Å². The van der Waals surface area contributed by atoms with Crippen molar-refractivity contribution < 1.29 is 9.32 Å². The number of hydrogen-bond acceptors (Lipinski definition) is 5. The summed E-state index contributed by atoms with van der Waals surface area (Å²) in [5.74, 6) is 0.381. The minimum Gasteiger partial charge on any atom is -0.338 e. The van der Waals surface area contributed by atoms with Crippen molar-refractivity contribution in [2.75, 3.05) is 13.1 Å². The molecule has 0 saturated carbocycles. The normalized spacial score (nSPS) is 19.5. The Kier molecular flexibility index (Phi) is 5.26. The average molecular weight is 339 g/mol. The molecule has 3 heterocycles. The van der Waals surface area contributed by atoms with Gasteiger partial charge < -0.3 is 15.2 Å². The van der Waals surface area contributed by atoms with Gasteiger partial charge in [-0.2, -0.15) is 0 Å². The van der Waals surface area contributed by atoms with Gasteiger partial charge in [0.25, 0.3) is 11.6 Å². The zero-order chi connectivity index (χ0) is 15.9. The molecule has 7 heteroatoms. The highest BCUT2D eigenvalue weighted by atomic mass is 35.5. The number of likely N-dealkylation sites (tertiary alicyclic amines) is 1. The van der Waals surface area contributed by atoms with Crippen LogP contribution in [0.5, 0.6) is 0 Å². The van der Waals surface area contributed by atoms with Crippen LogP contribution in [0.25, 0.3) is 11.1 Å². The van der Waals surface area contributed by atoms with E-state index < -0.39 is 0 Å². The quantitative estimate of drug-likeness (QED) is 0.909. The Hall–Kier alpha value is -1.66. The van der Waals surface area contributed by atoms with Crippen molar-refractivity contribution in [2.45, 2.75) is 39.7 Å². The number of halogens is 1. The van der Waals surface area contributed by atoms with Crippen LogP contribution in [-0.2, 0) is 0 Å². The van der Waals surface area contributed by atoms with Crippen molar-refractivity contribution in [3.05, 3.63) is 23.0 Å². The molecular formula is C16H23ClN4O2. The number of fused-ring (bicyclic) bond motifs is 1. The van der Waals surface area contributed by atoms with E-state index in [1.807, 2.05) is 31.7 Å². The minimum absolute atomic E-state index is 0. The second-order valence-corrected chi connectivity index (χ2v) is 6.27. The first kappa shape index (κ1) is 17.7. The molecule has 0 radical (unpaired) electrons. The molecule has 1 saturated heterocycles. The molecule has 0 aromatic carbocycles. The minimum atomic E-state index is 0. The van der Waals surface area contributed by atoms with Gasteiger partial charge in [0.1, 0.15) is 0 Å². The lowest BCUT2D eigenvalue weighted by atomic mass is 9.91. The number of carbonyl (C=O) groups excluding carboxylic acids is 1. The summed E-state index contributed by atoms with van der Waals surface area (Å²) in [6.07, 6.45) is 2.08. The molecule has 6 nitrogen and oxygen atoms in total. The molecule has 2 N–H and O–H groups in total. The van der Waals surface area contributed by atoms with Gasteiger partial charge >= 0.3 is 0 Å². The van der Waals surface area contributed by atoms with Crippen molar-refractivity contribution >= 4 is 29.4 Å². The molecule has 2 aromatic rings. The van der Waals surface area contributed by atoms with Crippen LogP contribution in [0.4, 0.5) is 0 Å². The van der Waals surface area contributed by atoms with Gasteiger partial charge in [-0.1, -0.05) is 5.16 Å². The molecule has 1 fully saturated rings. The summed E-state index contributed by atoms with van der Waals surface area (Å²) in [5, 5.41) is 4.66. The Bertz CT molecular complexity index is 713. The van der Waals surface area contributed by atoms with Crippen molar-refractivity contribution in [3.8, 4) is 0 Å². The van der Waals surface area contributed by atoms with Gasteiger partial charge in [-0.3, -0.25) is 4.79 Å². The van der Waals surface area contributed by atoms with E-state index in [2.05, 4.69) is 10.1 Å². The number of piperidine rings is 1.